The highest BCUT2D eigenvalue weighted by Gasteiger charge is 2.21. The summed E-state index contributed by atoms with van der Waals surface area (Å²) >= 11 is 0. The molecule has 0 aliphatic carbocycles. The second-order valence-corrected chi connectivity index (χ2v) is 4.81. The number of nitrogens with zero attached hydrogens (tertiary/aromatic N) is 1. The van der Waals surface area contributed by atoms with Crippen LogP contribution in [0.25, 0.3) is 0 Å². The maximum Gasteiger partial charge on any atom is 0.161 e. The zero-order chi connectivity index (χ0) is 15.9. The van der Waals surface area contributed by atoms with Gasteiger partial charge in [0.2, 0.25) is 0 Å². The summed E-state index contributed by atoms with van der Waals surface area (Å²) in [5.41, 5.74) is 1.51. The fraction of sp³-hybridized carbons (Fsp3) is 0.222. The smallest absolute Gasteiger partial charge is 0.161 e. The Morgan fingerprint density at radius 2 is 1.77 bits per heavy atom. The van der Waals surface area contributed by atoms with Gasteiger partial charge in [0.15, 0.2) is 17.3 Å². The van der Waals surface area contributed by atoms with Crippen molar-refractivity contribution in [3.8, 4) is 17.6 Å². The number of carbonyl (C=O) groups is 1. The van der Waals surface area contributed by atoms with Crippen LogP contribution in [0.15, 0.2) is 48.5 Å². The van der Waals surface area contributed by atoms with Crippen LogP contribution in [0.5, 0.6) is 11.5 Å². The molecule has 0 fully saturated rings. The van der Waals surface area contributed by atoms with Crippen LogP contribution in [0.1, 0.15) is 17.0 Å². The summed E-state index contributed by atoms with van der Waals surface area (Å²) in [6, 6.07) is 16.6. The quantitative estimate of drug-likeness (QED) is 0.821. The molecule has 2 rings (SSSR count). The number of benzene rings is 2. The molecule has 0 radical (unpaired) electrons. The lowest BCUT2D eigenvalue weighted by molar-refractivity contribution is -0.118. The van der Waals surface area contributed by atoms with Crippen molar-refractivity contribution < 1.29 is 14.3 Å². The maximum atomic E-state index is 12.4. The number of Topliss-reactive ketones (excluding diaryl/α,β-unsaturated/α-hetero) is 1. The second kappa shape index (κ2) is 7.28. The molecule has 0 aliphatic rings. The third kappa shape index (κ3) is 3.44. The van der Waals surface area contributed by atoms with Crippen LogP contribution in [0.2, 0.25) is 0 Å². The minimum atomic E-state index is -0.819. The van der Waals surface area contributed by atoms with Gasteiger partial charge in [-0.3, -0.25) is 4.79 Å². The molecule has 4 nitrogen and oxygen atoms in total. The van der Waals surface area contributed by atoms with Crippen LogP contribution < -0.4 is 9.47 Å². The highest BCUT2D eigenvalue weighted by Crippen LogP contribution is 2.31. The molecule has 0 spiro atoms. The number of carbonyl (C=O) groups excluding carboxylic acids is 1. The van der Waals surface area contributed by atoms with E-state index in [2.05, 4.69) is 6.07 Å². The summed E-state index contributed by atoms with van der Waals surface area (Å²) in [5, 5.41) is 9.38. The van der Waals surface area contributed by atoms with Crippen molar-refractivity contribution in [3.63, 3.8) is 0 Å². The van der Waals surface area contributed by atoms with Crippen LogP contribution in [0.3, 0.4) is 0 Å². The zero-order valence-corrected chi connectivity index (χ0v) is 12.6. The van der Waals surface area contributed by atoms with E-state index in [0.717, 1.165) is 5.56 Å². The Morgan fingerprint density at radius 3 is 2.36 bits per heavy atom. The highest BCUT2D eigenvalue weighted by atomic mass is 16.5. The minimum absolute atomic E-state index is 0.138. The van der Waals surface area contributed by atoms with Crippen LogP contribution in [-0.2, 0) is 11.2 Å². The van der Waals surface area contributed by atoms with E-state index in [4.69, 9.17) is 9.47 Å². The molecular formula is C18H17NO3. The largest absolute Gasteiger partial charge is 0.493 e. The Labute approximate surface area is 129 Å². The molecule has 2 aromatic rings. The van der Waals surface area contributed by atoms with Crippen molar-refractivity contribution in [2.45, 2.75) is 12.3 Å². The molecule has 1 atom stereocenters. The van der Waals surface area contributed by atoms with Crippen LogP contribution in [0.4, 0.5) is 0 Å². The third-order valence-corrected chi connectivity index (χ3v) is 3.41. The van der Waals surface area contributed by atoms with Gasteiger partial charge >= 0.3 is 0 Å². The molecule has 0 saturated carbocycles. The summed E-state index contributed by atoms with van der Waals surface area (Å²) in [6.07, 6.45) is 0.230. The van der Waals surface area contributed by atoms with Crippen LogP contribution >= 0.6 is 0 Å². The molecule has 112 valence electrons. The second-order valence-electron chi connectivity index (χ2n) is 4.81. The fourth-order valence-corrected chi connectivity index (χ4v) is 2.26. The molecule has 0 bridgehead atoms. The standard InChI is InChI=1S/C18H17NO3/c1-21-17-9-8-14(11-18(17)22-2)15(12-19)16(20)10-13-6-4-3-5-7-13/h3-9,11,15H,10H2,1-2H3. The SMILES string of the molecule is COc1ccc(C(C#N)C(=O)Cc2ccccc2)cc1OC. The van der Waals surface area contributed by atoms with Gasteiger partial charge < -0.3 is 9.47 Å². The topological polar surface area (TPSA) is 59.3 Å². The summed E-state index contributed by atoms with van der Waals surface area (Å²) in [4.78, 5) is 12.4. The molecule has 0 aromatic heterocycles. The maximum absolute atomic E-state index is 12.4. The van der Waals surface area contributed by atoms with E-state index in [-0.39, 0.29) is 12.2 Å². The summed E-state index contributed by atoms with van der Waals surface area (Å²) in [7, 11) is 3.06. The Morgan fingerprint density at radius 1 is 1.09 bits per heavy atom. The molecule has 0 saturated heterocycles. The fourth-order valence-electron chi connectivity index (χ4n) is 2.26. The Hall–Kier alpha value is -2.80. The van der Waals surface area contributed by atoms with Crippen molar-refractivity contribution in [2.75, 3.05) is 14.2 Å². The molecule has 22 heavy (non-hydrogen) atoms. The van der Waals surface area contributed by atoms with E-state index >= 15 is 0 Å². The van der Waals surface area contributed by atoms with Crippen molar-refractivity contribution in [1.29, 1.82) is 5.26 Å². The molecular weight excluding hydrogens is 278 g/mol. The normalized spacial score (nSPS) is 11.3. The van der Waals surface area contributed by atoms with Gasteiger partial charge in [-0.05, 0) is 23.3 Å². The van der Waals surface area contributed by atoms with Gasteiger partial charge in [-0.2, -0.15) is 5.26 Å². The molecule has 2 aromatic carbocycles. The van der Waals surface area contributed by atoms with Gasteiger partial charge in [0, 0.05) is 6.42 Å². The summed E-state index contributed by atoms with van der Waals surface area (Å²) < 4.78 is 10.4. The lowest BCUT2D eigenvalue weighted by Crippen LogP contribution is -2.13. The number of ether oxygens (including phenoxy) is 2. The number of hydrogen-bond donors (Lipinski definition) is 0. The first kappa shape index (κ1) is 15.6. The van der Waals surface area contributed by atoms with Crippen molar-refractivity contribution in [1.82, 2.24) is 0 Å². The predicted molar refractivity (Wildman–Crippen MR) is 83.1 cm³/mol. The van der Waals surface area contributed by atoms with Gasteiger partial charge in [-0.15, -0.1) is 0 Å². The Bertz CT molecular complexity index is 689. The average Bonchev–Trinajstić information content (AvgIpc) is 2.56. The molecule has 0 amide bonds. The van der Waals surface area contributed by atoms with Gasteiger partial charge in [0.05, 0.1) is 20.3 Å². The van der Waals surface area contributed by atoms with Crippen LogP contribution in [-0.4, -0.2) is 20.0 Å². The number of ketones is 1. The first-order valence-corrected chi connectivity index (χ1v) is 6.87. The number of methoxy groups -OCH3 is 2. The summed E-state index contributed by atoms with van der Waals surface area (Å²) in [5.74, 6) is 0.118. The first-order valence-electron chi connectivity index (χ1n) is 6.87. The van der Waals surface area contributed by atoms with E-state index in [0.29, 0.717) is 17.1 Å². The monoisotopic (exact) mass is 295 g/mol. The van der Waals surface area contributed by atoms with Gasteiger partial charge in [0.1, 0.15) is 5.92 Å². The van der Waals surface area contributed by atoms with Crippen molar-refractivity contribution in [3.05, 3.63) is 59.7 Å². The summed E-state index contributed by atoms with van der Waals surface area (Å²) in [6.45, 7) is 0. The molecule has 4 heteroatoms. The molecule has 0 N–H and O–H groups in total. The number of hydrogen-bond acceptors (Lipinski definition) is 4. The van der Waals surface area contributed by atoms with E-state index in [1.165, 1.54) is 7.11 Å². The highest BCUT2D eigenvalue weighted by molar-refractivity contribution is 5.90. The van der Waals surface area contributed by atoms with Gasteiger partial charge in [-0.25, -0.2) is 0 Å². The lowest BCUT2D eigenvalue weighted by Gasteiger charge is -2.12. The van der Waals surface area contributed by atoms with E-state index in [1.807, 2.05) is 30.3 Å². The predicted octanol–water partition coefficient (Wildman–Crippen LogP) is 3.12. The molecule has 0 heterocycles. The number of rotatable bonds is 6. The van der Waals surface area contributed by atoms with E-state index in [9.17, 15) is 10.1 Å². The minimum Gasteiger partial charge on any atom is -0.493 e. The zero-order valence-electron chi connectivity index (χ0n) is 12.6. The van der Waals surface area contributed by atoms with Crippen molar-refractivity contribution >= 4 is 5.78 Å². The molecule has 0 aliphatic heterocycles. The third-order valence-electron chi connectivity index (χ3n) is 3.41. The van der Waals surface area contributed by atoms with Crippen LogP contribution in [0, 0.1) is 11.3 Å². The van der Waals surface area contributed by atoms with E-state index in [1.54, 1.807) is 25.3 Å². The van der Waals surface area contributed by atoms with E-state index < -0.39 is 5.92 Å². The lowest BCUT2D eigenvalue weighted by atomic mass is 9.92. The Balaban J connectivity index is 2.24. The van der Waals surface area contributed by atoms with Gasteiger partial charge in [-0.1, -0.05) is 36.4 Å². The van der Waals surface area contributed by atoms with Gasteiger partial charge in [0.25, 0.3) is 0 Å². The Kier molecular flexibility index (Phi) is 5.16. The number of nitriles is 1. The average molecular weight is 295 g/mol. The first-order chi connectivity index (χ1) is 10.7. The van der Waals surface area contributed by atoms with Crippen molar-refractivity contribution in [2.24, 2.45) is 0 Å². The molecule has 1 unspecified atom stereocenters.